The van der Waals surface area contributed by atoms with Crippen LogP contribution in [-0.2, 0) is 16.6 Å². The summed E-state index contributed by atoms with van der Waals surface area (Å²) in [4.78, 5) is 8.78. The highest BCUT2D eigenvalue weighted by atomic mass is 35.5. The van der Waals surface area contributed by atoms with Gasteiger partial charge < -0.3 is 5.73 Å². The zero-order valence-electron chi connectivity index (χ0n) is 9.92. The largest absolute Gasteiger partial charge is 0.382 e. The zero-order chi connectivity index (χ0) is 14.0. The van der Waals surface area contributed by atoms with Gasteiger partial charge in [-0.25, -0.2) is 23.1 Å². The lowest BCUT2D eigenvalue weighted by atomic mass is 10.5. The first kappa shape index (κ1) is 14.2. The number of anilines is 1. The van der Waals surface area contributed by atoms with E-state index in [1.54, 1.807) is 6.20 Å². The number of hydrogen-bond donors (Lipinski definition) is 2. The van der Waals surface area contributed by atoms with Gasteiger partial charge in [0.15, 0.2) is 0 Å². The lowest BCUT2D eigenvalue weighted by Crippen LogP contribution is -2.23. The molecule has 102 valence electrons. The lowest BCUT2D eigenvalue weighted by molar-refractivity contribution is 0.581. The molecule has 0 saturated heterocycles. The van der Waals surface area contributed by atoms with Gasteiger partial charge in [-0.15, -0.1) is 11.3 Å². The van der Waals surface area contributed by atoms with Crippen LogP contribution in [0, 0.1) is 6.92 Å². The van der Waals surface area contributed by atoms with Gasteiger partial charge in [0.25, 0.3) is 0 Å². The van der Waals surface area contributed by atoms with Crippen molar-refractivity contribution in [2.75, 3.05) is 5.73 Å². The summed E-state index contributed by atoms with van der Waals surface area (Å²) in [6.07, 6.45) is 2.85. The average Bonchev–Trinajstić information content (AvgIpc) is 2.76. The highest BCUT2D eigenvalue weighted by Gasteiger charge is 2.16. The first-order valence-corrected chi connectivity index (χ1v) is 7.88. The summed E-state index contributed by atoms with van der Waals surface area (Å²) in [5.41, 5.74) is 5.43. The Morgan fingerprint density at radius 2 is 2.16 bits per heavy atom. The van der Waals surface area contributed by atoms with Gasteiger partial charge in [-0.1, -0.05) is 11.6 Å². The number of pyridine rings is 1. The van der Waals surface area contributed by atoms with Crippen LogP contribution in [-0.4, -0.2) is 18.4 Å². The molecule has 0 aliphatic heterocycles. The van der Waals surface area contributed by atoms with Crippen LogP contribution in [0.5, 0.6) is 0 Å². The second-order valence-electron chi connectivity index (χ2n) is 3.73. The number of sulfonamides is 1. The van der Waals surface area contributed by atoms with E-state index in [1.165, 1.54) is 17.4 Å². The van der Waals surface area contributed by atoms with Gasteiger partial charge in [-0.05, 0) is 13.0 Å². The van der Waals surface area contributed by atoms with Gasteiger partial charge in [0.05, 0.1) is 11.6 Å². The van der Waals surface area contributed by atoms with E-state index in [0.717, 1.165) is 11.1 Å². The SMILES string of the molecule is Cc1cnc(CNS(=O)(=O)c2cnc(N)c(Cl)c2)s1. The Bertz CT molecular complexity index is 699. The number of rotatable bonds is 4. The van der Waals surface area contributed by atoms with E-state index >= 15 is 0 Å². The van der Waals surface area contributed by atoms with Crippen molar-refractivity contribution in [2.24, 2.45) is 0 Å². The van der Waals surface area contributed by atoms with Crippen LogP contribution in [0.1, 0.15) is 9.88 Å². The Kier molecular flexibility index (Phi) is 4.04. The van der Waals surface area contributed by atoms with E-state index < -0.39 is 10.0 Å². The van der Waals surface area contributed by atoms with Gasteiger partial charge in [0, 0.05) is 17.3 Å². The Labute approximate surface area is 119 Å². The molecular formula is C10H11ClN4O2S2. The molecule has 0 fully saturated rings. The maximum atomic E-state index is 12.0. The summed E-state index contributed by atoms with van der Waals surface area (Å²) in [6, 6.07) is 1.26. The molecule has 0 unspecified atom stereocenters. The van der Waals surface area contributed by atoms with E-state index in [9.17, 15) is 8.42 Å². The molecule has 0 aliphatic rings. The van der Waals surface area contributed by atoms with Crippen LogP contribution in [0.15, 0.2) is 23.4 Å². The second-order valence-corrected chi connectivity index (χ2v) is 7.22. The summed E-state index contributed by atoms with van der Waals surface area (Å²) in [5.74, 6) is 0.0937. The van der Waals surface area contributed by atoms with E-state index in [0.29, 0.717) is 5.01 Å². The lowest BCUT2D eigenvalue weighted by Gasteiger charge is -2.06. The Morgan fingerprint density at radius 3 is 2.74 bits per heavy atom. The van der Waals surface area contributed by atoms with Gasteiger partial charge in [-0.2, -0.15) is 0 Å². The van der Waals surface area contributed by atoms with E-state index in [2.05, 4.69) is 14.7 Å². The molecular weight excluding hydrogens is 308 g/mol. The number of aryl methyl sites for hydroxylation is 1. The quantitative estimate of drug-likeness (QED) is 0.891. The van der Waals surface area contributed by atoms with Crippen molar-refractivity contribution in [1.29, 1.82) is 0 Å². The molecule has 0 radical (unpaired) electrons. The van der Waals surface area contributed by atoms with E-state index in [4.69, 9.17) is 17.3 Å². The third-order valence-electron chi connectivity index (χ3n) is 2.24. The predicted octanol–water partition coefficient (Wildman–Crippen LogP) is 1.56. The van der Waals surface area contributed by atoms with E-state index in [-0.39, 0.29) is 22.3 Å². The molecule has 0 atom stereocenters. The molecule has 19 heavy (non-hydrogen) atoms. The minimum atomic E-state index is -3.67. The van der Waals surface area contributed by atoms with Crippen LogP contribution >= 0.6 is 22.9 Å². The standard InChI is InChI=1S/C10H11ClN4O2S2/c1-6-3-13-9(18-6)5-15-19(16,17)7-2-8(11)10(12)14-4-7/h2-4,15H,5H2,1H3,(H2,12,14). The summed E-state index contributed by atoms with van der Waals surface area (Å²) >= 11 is 7.18. The number of nitrogens with one attached hydrogen (secondary N) is 1. The molecule has 0 aliphatic carbocycles. The first-order chi connectivity index (χ1) is 8.88. The number of halogens is 1. The minimum Gasteiger partial charge on any atom is -0.382 e. The average molecular weight is 319 g/mol. The van der Waals surface area contributed by atoms with Gasteiger partial charge in [-0.3, -0.25) is 0 Å². The summed E-state index contributed by atoms with van der Waals surface area (Å²) in [5, 5.41) is 0.795. The van der Waals surface area contributed by atoms with Crippen molar-refractivity contribution in [3.63, 3.8) is 0 Å². The second kappa shape index (κ2) is 5.41. The molecule has 3 N–H and O–H groups in total. The van der Waals surface area contributed by atoms with Crippen molar-refractivity contribution in [3.05, 3.63) is 33.4 Å². The normalized spacial score (nSPS) is 11.7. The van der Waals surface area contributed by atoms with Crippen molar-refractivity contribution < 1.29 is 8.42 Å². The molecule has 0 amide bonds. The maximum absolute atomic E-state index is 12.0. The summed E-state index contributed by atoms with van der Waals surface area (Å²) in [7, 11) is -3.67. The van der Waals surface area contributed by atoms with Crippen molar-refractivity contribution in [3.8, 4) is 0 Å². The third-order valence-corrected chi connectivity index (χ3v) is 4.82. The van der Waals surface area contributed by atoms with Crippen LogP contribution in [0.4, 0.5) is 5.82 Å². The number of nitrogens with zero attached hydrogens (tertiary/aromatic N) is 2. The first-order valence-electron chi connectivity index (χ1n) is 5.20. The van der Waals surface area contributed by atoms with Gasteiger partial charge >= 0.3 is 0 Å². The Balaban J connectivity index is 2.16. The van der Waals surface area contributed by atoms with Gasteiger partial charge in [0.2, 0.25) is 10.0 Å². The molecule has 0 bridgehead atoms. The van der Waals surface area contributed by atoms with E-state index in [1.807, 2.05) is 6.92 Å². The molecule has 6 nitrogen and oxygen atoms in total. The molecule has 0 spiro atoms. The fourth-order valence-corrected chi connectivity index (χ4v) is 3.31. The Hall–Kier alpha value is -1.22. The number of hydrogen-bond acceptors (Lipinski definition) is 6. The molecule has 2 aromatic rings. The van der Waals surface area contributed by atoms with Crippen LogP contribution in [0.25, 0.3) is 0 Å². The molecule has 2 rings (SSSR count). The van der Waals surface area contributed by atoms with Crippen molar-refractivity contribution in [2.45, 2.75) is 18.4 Å². The zero-order valence-corrected chi connectivity index (χ0v) is 12.3. The minimum absolute atomic E-state index is 0.0278. The number of nitrogen functional groups attached to an aromatic ring is 1. The fraction of sp³-hybridized carbons (Fsp3) is 0.200. The monoisotopic (exact) mass is 318 g/mol. The van der Waals surface area contributed by atoms with Crippen molar-refractivity contribution in [1.82, 2.24) is 14.7 Å². The van der Waals surface area contributed by atoms with Crippen LogP contribution in [0.2, 0.25) is 5.02 Å². The van der Waals surface area contributed by atoms with Crippen molar-refractivity contribution >= 4 is 38.8 Å². The topological polar surface area (TPSA) is 98.0 Å². The molecule has 2 heterocycles. The fourth-order valence-electron chi connectivity index (χ4n) is 1.30. The smallest absolute Gasteiger partial charge is 0.242 e. The number of nitrogens with two attached hydrogens (primary N) is 1. The number of aromatic nitrogens is 2. The third kappa shape index (κ3) is 3.41. The molecule has 9 heteroatoms. The van der Waals surface area contributed by atoms with Crippen LogP contribution in [0.3, 0.4) is 0 Å². The van der Waals surface area contributed by atoms with Crippen LogP contribution < -0.4 is 10.5 Å². The highest BCUT2D eigenvalue weighted by Crippen LogP contribution is 2.20. The summed E-state index contributed by atoms with van der Waals surface area (Å²) in [6.45, 7) is 2.03. The number of thiazole rings is 1. The maximum Gasteiger partial charge on any atom is 0.242 e. The Morgan fingerprint density at radius 1 is 1.42 bits per heavy atom. The highest BCUT2D eigenvalue weighted by molar-refractivity contribution is 7.89. The molecule has 0 saturated carbocycles. The van der Waals surface area contributed by atoms with Gasteiger partial charge in [0.1, 0.15) is 15.7 Å². The summed E-state index contributed by atoms with van der Waals surface area (Å²) < 4.78 is 26.4. The predicted molar refractivity (Wildman–Crippen MR) is 74.5 cm³/mol. The molecule has 0 aromatic carbocycles. The molecule has 2 aromatic heterocycles.